The lowest BCUT2D eigenvalue weighted by Crippen LogP contribution is -2.51. The largest absolute Gasteiger partial charge is 0.342 e. The van der Waals surface area contributed by atoms with E-state index in [0.29, 0.717) is 11.9 Å². The van der Waals surface area contributed by atoms with Gasteiger partial charge in [-0.3, -0.25) is 14.5 Å². The van der Waals surface area contributed by atoms with Crippen LogP contribution in [0, 0.1) is 12.8 Å². The maximum Gasteiger partial charge on any atom is 0.253 e. The Balaban J connectivity index is 1.30. The highest BCUT2D eigenvalue weighted by Gasteiger charge is 2.34. The smallest absolute Gasteiger partial charge is 0.253 e. The lowest BCUT2D eigenvalue weighted by atomic mass is 9.92. The Morgan fingerprint density at radius 1 is 0.821 bits per heavy atom. The maximum absolute atomic E-state index is 12.8. The average Bonchev–Trinajstić information content (AvgIpc) is 3.28. The van der Waals surface area contributed by atoms with Gasteiger partial charge in [-0.25, -0.2) is 0 Å². The molecule has 0 bridgehead atoms. The van der Waals surface area contributed by atoms with E-state index in [0.717, 1.165) is 83.4 Å². The molecule has 3 heterocycles. The van der Waals surface area contributed by atoms with Crippen molar-refractivity contribution in [2.24, 2.45) is 5.92 Å². The molecule has 4 rings (SSSR count). The first-order chi connectivity index (χ1) is 13.6. The Morgan fingerprint density at radius 2 is 1.50 bits per heavy atom. The topological polar surface area (TPSA) is 43.9 Å². The van der Waals surface area contributed by atoms with Gasteiger partial charge in [-0.1, -0.05) is 17.7 Å². The van der Waals surface area contributed by atoms with Gasteiger partial charge in [0, 0.05) is 44.3 Å². The molecule has 1 aromatic rings. The Hall–Kier alpha value is -1.88. The van der Waals surface area contributed by atoms with Gasteiger partial charge in [-0.15, -0.1) is 0 Å². The maximum atomic E-state index is 12.8. The predicted molar refractivity (Wildman–Crippen MR) is 110 cm³/mol. The molecule has 3 aliphatic heterocycles. The third-order valence-corrected chi connectivity index (χ3v) is 6.79. The Morgan fingerprint density at radius 3 is 2.18 bits per heavy atom. The van der Waals surface area contributed by atoms with E-state index in [1.54, 1.807) is 0 Å². The van der Waals surface area contributed by atoms with E-state index in [1.165, 1.54) is 5.56 Å². The highest BCUT2D eigenvalue weighted by molar-refractivity contribution is 5.94. The summed E-state index contributed by atoms with van der Waals surface area (Å²) in [6.07, 6.45) is 6.51. The number of amides is 2. The van der Waals surface area contributed by atoms with Crippen molar-refractivity contribution in [1.29, 1.82) is 0 Å². The van der Waals surface area contributed by atoms with E-state index in [9.17, 15) is 9.59 Å². The van der Waals surface area contributed by atoms with Crippen molar-refractivity contribution in [1.82, 2.24) is 14.7 Å². The number of benzene rings is 1. The summed E-state index contributed by atoms with van der Waals surface area (Å²) in [6, 6.07) is 8.39. The van der Waals surface area contributed by atoms with Gasteiger partial charge < -0.3 is 9.80 Å². The predicted octanol–water partition coefficient (Wildman–Crippen LogP) is 2.93. The summed E-state index contributed by atoms with van der Waals surface area (Å²) in [5, 5.41) is 0. The summed E-state index contributed by atoms with van der Waals surface area (Å²) in [5.74, 6) is 0.715. The molecule has 1 atom stereocenters. The van der Waals surface area contributed by atoms with Crippen LogP contribution in [0.2, 0.25) is 0 Å². The average molecular weight is 384 g/mol. The Kier molecular flexibility index (Phi) is 6.00. The summed E-state index contributed by atoms with van der Waals surface area (Å²) in [6.45, 7) is 7.59. The summed E-state index contributed by atoms with van der Waals surface area (Å²) in [4.78, 5) is 32.2. The van der Waals surface area contributed by atoms with Gasteiger partial charge in [0.2, 0.25) is 5.91 Å². The molecule has 3 fully saturated rings. The van der Waals surface area contributed by atoms with Gasteiger partial charge in [0.25, 0.3) is 5.91 Å². The fourth-order valence-corrected chi connectivity index (χ4v) is 5.05. The molecule has 28 heavy (non-hydrogen) atoms. The summed E-state index contributed by atoms with van der Waals surface area (Å²) < 4.78 is 0. The highest BCUT2D eigenvalue weighted by Crippen LogP contribution is 2.26. The van der Waals surface area contributed by atoms with Crippen LogP contribution in [0.4, 0.5) is 0 Å². The van der Waals surface area contributed by atoms with Crippen LogP contribution < -0.4 is 0 Å². The highest BCUT2D eigenvalue weighted by atomic mass is 16.2. The first-order valence-electron chi connectivity index (χ1n) is 11.0. The summed E-state index contributed by atoms with van der Waals surface area (Å²) in [5.41, 5.74) is 1.97. The molecule has 0 aliphatic carbocycles. The Bertz CT molecular complexity index is 688. The molecule has 3 saturated heterocycles. The van der Waals surface area contributed by atoms with Crippen LogP contribution in [0.25, 0.3) is 0 Å². The van der Waals surface area contributed by atoms with E-state index in [1.807, 2.05) is 36.1 Å². The molecular formula is C23H33N3O2. The fourth-order valence-electron chi connectivity index (χ4n) is 5.05. The van der Waals surface area contributed by atoms with Gasteiger partial charge in [-0.2, -0.15) is 0 Å². The minimum atomic E-state index is 0.152. The summed E-state index contributed by atoms with van der Waals surface area (Å²) in [7, 11) is 0. The van der Waals surface area contributed by atoms with Crippen molar-refractivity contribution < 1.29 is 9.59 Å². The van der Waals surface area contributed by atoms with E-state index >= 15 is 0 Å². The number of aryl methyl sites for hydroxylation is 1. The monoisotopic (exact) mass is 383 g/mol. The number of likely N-dealkylation sites (tertiary alicyclic amines) is 3. The molecule has 0 N–H and O–H groups in total. The van der Waals surface area contributed by atoms with Crippen molar-refractivity contribution >= 4 is 11.8 Å². The van der Waals surface area contributed by atoms with Crippen LogP contribution >= 0.6 is 0 Å². The van der Waals surface area contributed by atoms with Crippen molar-refractivity contribution in [2.45, 2.75) is 51.5 Å². The molecule has 5 nitrogen and oxygen atoms in total. The third-order valence-electron chi connectivity index (χ3n) is 6.79. The van der Waals surface area contributed by atoms with Gasteiger partial charge in [-0.05, 0) is 64.1 Å². The molecule has 0 spiro atoms. The molecule has 1 unspecified atom stereocenters. The second-order valence-corrected chi connectivity index (χ2v) is 8.76. The molecule has 1 aromatic carbocycles. The number of hydrogen-bond donors (Lipinski definition) is 0. The quantitative estimate of drug-likeness (QED) is 0.806. The number of piperidine rings is 2. The fraction of sp³-hybridized carbons (Fsp3) is 0.652. The van der Waals surface area contributed by atoms with Crippen LogP contribution in [0.5, 0.6) is 0 Å². The van der Waals surface area contributed by atoms with Crippen LogP contribution in [0.3, 0.4) is 0 Å². The molecular weight excluding hydrogens is 350 g/mol. The van der Waals surface area contributed by atoms with Crippen molar-refractivity contribution in [3.8, 4) is 0 Å². The summed E-state index contributed by atoms with van der Waals surface area (Å²) >= 11 is 0. The van der Waals surface area contributed by atoms with Crippen molar-refractivity contribution in [2.75, 3.05) is 39.3 Å². The zero-order chi connectivity index (χ0) is 19.5. The van der Waals surface area contributed by atoms with Gasteiger partial charge in [0.15, 0.2) is 0 Å². The van der Waals surface area contributed by atoms with Crippen LogP contribution in [0.15, 0.2) is 24.3 Å². The van der Waals surface area contributed by atoms with Gasteiger partial charge >= 0.3 is 0 Å². The van der Waals surface area contributed by atoms with Gasteiger partial charge in [0.1, 0.15) is 0 Å². The van der Waals surface area contributed by atoms with Crippen LogP contribution in [0.1, 0.15) is 54.4 Å². The normalized spacial score (nSPS) is 24.5. The van der Waals surface area contributed by atoms with E-state index < -0.39 is 0 Å². The molecule has 0 aromatic heterocycles. The van der Waals surface area contributed by atoms with Crippen LogP contribution in [-0.4, -0.2) is 71.8 Å². The zero-order valence-electron chi connectivity index (χ0n) is 17.1. The minimum Gasteiger partial charge on any atom is -0.342 e. The van der Waals surface area contributed by atoms with Gasteiger partial charge in [0.05, 0.1) is 5.92 Å². The number of nitrogens with zero attached hydrogens (tertiary/aromatic N) is 3. The number of hydrogen-bond acceptors (Lipinski definition) is 3. The van der Waals surface area contributed by atoms with Crippen molar-refractivity contribution in [3.05, 3.63) is 35.4 Å². The number of rotatable bonds is 3. The molecule has 152 valence electrons. The number of carbonyl (C=O) groups is 2. The standard InChI is InChI=1S/C23H33N3O2/c1-18-6-8-19(9-7-18)22(27)25-15-10-21(11-16-25)26-14-4-5-20(17-26)23(28)24-12-2-3-13-24/h6-9,20-21H,2-5,10-17H2,1H3. The van der Waals surface area contributed by atoms with E-state index in [2.05, 4.69) is 9.80 Å². The lowest BCUT2D eigenvalue weighted by molar-refractivity contribution is -0.136. The molecule has 3 aliphatic rings. The number of carbonyl (C=O) groups excluding carboxylic acids is 2. The zero-order valence-corrected chi connectivity index (χ0v) is 17.1. The van der Waals surface area contributed by atoms with E-state index in [4.69, 9.17) is 0 Å². The minimum absolute atomic E-state index is 0.152. The SMILES string of the molecule is Cc1ccc(C(=O)N2CCC(N3CCCC(C(=O)N4CCCC4)C3)CC2)cc1. The molecule has 0 saturated carbocycles. The lowest BCUT2D eigenvalue weighted by Gasteiger charge is -2.42. The Labute approximate surface area is 168 Å². The molecule has 0 radical (unpaired) electrons. The second kappa shape index (κ2) is 8.64. The first kappa shape index (κ1) is 19.4. The van der Waals surface area contributed by atoms with Crippen LogP contribution in [-0.2, 0) is 4.79 Å². The molecule has 5 heteroatoms. The molecule has 2 amide bonds. The van der Waals surface area contributed by atoms with Crippen molar-refractivity contribution in [3.63, 3.8) is 0 Å². The van der Waals surface area contributed by atoms with E-state index in [-0.39, 0.29) is 11.8 Å². The first-order valence-corrected chi connectivity index (χ1v) is 11.0. The third kappa shape index (κ3) is 4.24. The second-order valence-electron chi connectivity index (χ2n) is 8.76.